The standard InChI is InChI=1S/C18H16BrIN2O2/c1-2-3-8-24-16-13(9-11(19)10-14(16)20)17-21-15-7-5-4-6-12(15)18(23)22-17/h4-7,9-10H,2-3,8H2,1H3,(H,21,22,23). The molecule has 0 aliphatic rings. The van der Waals surface area contributed by atoms with Crippen LogP contribution in [0.5, 0.6) is 5.75 Å². The van der Waals surface area contributed by atoms with Crippen molar-refractivity contribution in [1.82, 2.24) is 9.97 Å². The van der Waals surface area contributed by atoms with Gasteiger partial charge in [0.1, 0.15) is 11.6 Å². The molecule has 0 atom stereocenters. The molecule has 0 radical (unpaired) electrons. The normalized spacial score (nSPS) is 11.0. The fourth-order valence-electron chi connectivity index (χ4n) is 2.42. The Morgan fingerprint density at radius 2 is 2.08 bits per heavy atom. The van der Waals surface area contributed by atoms with Crippen LogP contribution in [0, 0.1) is 3.57 Å². The molecular weight excluding hydrogens is 483 g/mol. The molecular formula is C18H16BrIN2O2. The third-order valence-electron chi connectivity index (χ3n) is 3.62. The first-order valence-electron chi connectivity index (χ1n) is 7.71. The van der Waals surface area contributed by atoms with E-state index in [9.17, 15) is 4.79 Å². The number of nitrogens with zero attached hydrogens (tertiary/aromatic N) is 1. The summed E-state index contributed by atoms with van der Waals surface area (Å²) < 4.78 is 7.87. The molecule has 6 heteroatoms. The van der Waals surface area contributed by atoms with Gasteiger partial charge in [0, 0.05) is 4.47 Å². The van der Waals surface area contributed by atoms with Gasteiger partial charge in [-0.2, -0.15) is 0 Å². The number of nitrogens with one attached hydrogen (secondary N) is 1. The summed E-state index contributed by atoms with van der Waals surface area (Å²) in [4.78, 5) is 19.9. The molecule has 124 valence electrons. The van der Waals surface area contributed by atoms with Crippen LogP contribution in [0.1, 0.15) is 19.8 Å². The Morgan fingerprint density at radius 3 is 2.88 bits per heavy atom. The molecule has 24 heavy (non-hydrogen) atoms. The number of para-hydroxylation sites is 1. The Bertz CT molecular complexity index is 940. The summed E-state index contributed by atoms with van der Waals surface area (Å²) in [5.41, 5.74) is 1.31. The summed E-state index contributed by atoms with van der Waals surface area (Å²) in [6, 6.07) is 11.2. The van der Waals surface area contributed by atoms with Crippen LogP contribution < -0.4 is 10.3 Å². The first kappa shape index (κ1) is 17.4. The molecule has 0 fully saturated rings. The van der Waals surface area contributed by atoms with E-state index in [1.807, 2.05) is 30.3 Å². The Morgan fingerprint density at radius 1 is 1.29 bits per heavy atom. The van der Waals surface area contributed by atoms with Gasteiger partial charge in [-0.1, -0.05) is 41.4 Å². The predicted octanol–water partition coefficient (Wildman–Crippen LogP) is 5.14. The molecule has 0 spiro atoms. The number of unbranched alkanes of at least 4 members (excludes halogenated alkanes) is 1. The molecule has 0 saturated carbocycles. The van der Waals surface area contributed by atoms with Crippen molar-refractivity contribution >= 4 is 49.4 Å². The maximum Gasteiger partial charge on any atom is 0.259 e. The van der Waals surface area contributed by atoms with Gasteiger partial charge in [-0.05, 0) is 53.3 Å². The number of hydrogen-bond donors (Lipinski definition) is 1. The van der Waals surface area contributed by atoms with Gasteiger partial charge in [0.25, 0.3) is 5.56 Å². The lowest BCUT2D eigenvalue weighted by Crippen LogP contribution is -2.10. The number of hydrogen-bond acceptors (Lipinski definition) is 3. The third kappa shape index (κ3) is 3.64. The largest absolute Gasteiger partial charge is 0.492 e. The van der Waals surface area contributed by atoms with Gasteiger partial charge in [0.05, 0.1) is 26.6 Å². The van der Waals surface area contributed by atoms with Gasteiger partial charge >= 0.3 is 0 Å². The minimum Gasteiger partial charge on any atom is -0.492 e. The summed E-state index contributed by atoms with van der Waals surface area (Å²) in [7, 11) is 0. The molecule has 4 nitrogen and oxygen atoms in total. The van der Waals surface area contributed by atoms with Crippen molar-refractivity contribution in [2.45, 2.75) is 19.8 Å². The van der Waals surface area contributed by atoms with Crippen molar-refractivity contribution in [2.24, 2.45) is 0 Å². The highest BCUT2D eigenvalue weighted by Gasteiger charge is 2.15. The Kier molecular flexibility index (Phi) is 5.55. The molecule has 3 aromatic rings. The zero-order valence-corrected chi connectivity index (χ0v) is 16.8. The maximum absolute atomic E-state index is 12.4. The van der Waals surface area contributed by atoms with Crippen LogP contribution >= 0.6 is 38.5 Å². The Balaban J connectivity index is 2.16. The average Bonchev–Trinajstić information content (AvgIpc) is 2.56. The van der Waals surface area contributed by atoms with Crippen molar-refractivity contribution in [3.8, 4) is 17.1 Å². The van der Waals surface area contributed by atoms with Crippen molar-refractivity contribution < 1.29 is 4.74 Å². The molecule has 0 unspecified atom stereocenters. The van der Waals surface area contributed by atoms with Gasteiger partial charge in [-0.15, -0.1) is 0 Å². The van der Waals surface area contributed by atoms with E-state index in [1.54, 1.807) is 6.07 Å². The number of rotatable bonds is 5. The van der Waals surface area contributed by atoms with Crippen LogP contribution in [-0.2, 0) is 0 Å². The zero-order chi connectivity index (χ0) is 17.1. The lowest BCUT2D eigenvalue weighted by Gasteiger charge is -2.14. The van der Waals surface area contributed by atoms with Crippen molar-refractivity contribution in [3.05, 3.63) is 54.8 Å². The first-order valence-corrected chi connectivity index (χ1v) is 9.58. The highest BCUT2D eigenvalue weighted by Crippen LogP contribution is 2.35. The SMILES string of the molecule is CCCCOc1c(I)cc(Br)cc1-c1nc2ccccc2c(=O)[nH]1. The average molecular weight is 499 g/mol. The fraction of sp³-hybridized carbons (Fsp3) is 0.222. The molecule has 2 aromatic carbocycles. The third-order valence-corrected chi connectivity index (χ3v) is 4.88. The van der Waals surface area contributed by atoms with E-state index in [-0.39, 0.29) is 5.56 Å². The quantitative estimate of drug-likeness (QED) is 0.391. The van der Waals surface area contributed by atoms with Crippen LogP contribution in [0.4, 0.5) is 0 Å². The molecule has 1 aromatic heterocycles. The summed E-state index contributed by atoms with van der Waals surface area (Å²) in [6.07, 6.45) is 2.04. The summed E-state index contributed by atoms with van der Waals surface area (Å²) in [5, 5.41) is 0.583. The maximum atomic E-state index is 12.4. The smallest absolute Gasteiger partial charge is 0.259 e. The summed E-state index contributed by atoms with van der Waals surface area (Å²) in [6.45, 7) is 2.76. The van der Waals surface area contributed by atoms with E-state index in [0.29, 0.717) is 23.3 Å². The van der Waals surface area contributed by atoms with Gasteiger partial charge in [-0.25, -0.2) is 4.98 Å². The van der Waals surface area contributed by atoms with Gasteiger partial charge in [-0.3, -0.25) is 4.79 Å². The van der Waals surface area contributed by atoms with E-state index in [0.717, 1.165) is 32.2 Å². The second-order valence-electron chi connectivity index (χ2n) is 5.40. The van der Waals surface area contributed by atoms with Gasteiger partial charge in [0.15, 0.2) is 0 Å². The number of benzene rings is 2. The van der Waals surface area contributed by atoms with E-state index < -0.39 is 0 Å². The van der Waals surface area contributed by atoms with Gasteiger partial charge < -0.3 is 9.72 Å². The molecule has 1 N–H and O–H groups in total. The van der Waals surface area contributed by atoms with Crippen molar-refractivity contribution in [2.75, 3.05) is 6.61 Å². The first-order chi connectivity index (χ1) is 11.6. The van der Waals surface area contributed by atoms with Crippen molar-refractivity contribution in [3.63, 3.8) is 0 Å². The van der Waals surface area contributed by atoms with E-state index in [2.05, 4.69) is 55.4 Å². The Hall–Kier alpha value is -1.41. The topological polar surface area (TPSA) is 55.0 Å². The lowest BCUT2D eigenvalue weighted by molar-refractivity contribution is 0.308. The number of ether oxygens (including phenoxy) is 1. The van der Waals surface area contributed by atoms with Crippen LogP contribution in [-0.4, -0.2) is 16.6 Å². The molecule has 0 saturated heterocycles. The fourth-order valence-corrected chi connectivity index (χ4v) is 4.08. The second kappa shape index (κ2) is 7.65. The number of aromatic amines is 1. The minimum absolute atomic E-state index is 0.148. The highest BCUT2D eigenvalue weighted by molar-refractivity contribution is 14.1. The highest BCUT2D eigenvalue weighted by atomic mass is 127. The number of halogens is 2. The lowest BCUT2D eigenvalue weighted by atomic mass is 10.1. The number of aromatic nitrogens is 2. The molecule has 0 aliphatic heterocycles. The van der Waals surface area contributed by atoms with Crippen molar-refractivity contribution in [1.29, 1.82) is 0 Å². The molecule has 3 rings (SSSR count). The van der Waals surface area contributed by atoms with Gasteiger partial charge in [0.2, 0.25) is 0 Å². The van der Waals surface area contributed by atoms with E-state index in [4.69, 9.17) is 4.74 Å². The number of H-pyrrole nitrogens is 1. The summed E-state index contributed by atoms with van der Waals surface area (Å²) in [5.74, 6) is 1.27. The van der Waals surface area contributed by atoms with Crippen LogP contribution in [0.3, 0.4) is 0 Å². The molecule has 0 aliphatic carbocycles. The van der Waals surface area contributed by atoms with E-state index in [1.165, 1.54) is 0 Å². The van der Waals surface area contributed by atoms with E-state index >= 15 is 0 Å². The molecule has 1 heterocycles. The monoisotopic (exact) mass is 498 g/mol. The second-order valence-corrected chi connectivity index (χ2v) is 7.48. The zero-order valence-electron chi connectivity index (χ0n) is 13.1. The van der Waals surface area contributed by atoms with Crippen LogP contribution in [0.2, 0.25) is 0 Å². The Labute approximate surface area is 161 Å². The molecule has 0 amide bonds. The van der Waals surface area contributed by atoms with Crippen LogP contribution in [0.25, 0.3) is 22.3 Å². The minimum atomic E-state index is -0.148. The predicted molar refractivity (Wildman–Crippen MR) is 109 cm³/mol. The number of fused-ring (bicyclic) bond motifs is 1. The van der Waals surface area contributed by atoms with Crippen LogP contribution in [0.15, 0.2) is 45.7 Å². The molecule has 0 bridgehead atoms. The summed E-state index contributed by atoms with van der Waals surface area (Å²) >= 11 is 5.76.